The molecule has 2 aromatic carbocycles. The Balaban J connectivity index is 1.92. The molecule has 0 aliphatic carbocycles. The number of ether oxygens (including phenoxy) is 1. The second-order valence-corrected chi connectivity index (χ2v) is 7.24. The summed E-state index contributed by atoms with van der Waals surface area (Å²) in [7, 11) is -3.76. The zero-order valence-corrected chi connectivity index (χ0v) is 14.8. The van der Waals surface area contributed by atoms with Crippen LogP contribution in [0.15, 0.2) is 47.4 Å². The Kier molecular flexibility index (Phi) is 5.99. The minimum atomic E-state index is -3.76. The van der Waals surface area contributed by atoms with Crippen molar-refractivity contribution in [2.45, 2.75) is 17.9 Å². The van der Waals surface area contributed by atoms with E-state index in [-0.39, 0.29) is 28.3 Å². The van der Waals surface area contributed by atoms with Gasteiger partial charge in [-0.2, -0.15) is 0 Å². The Labute approximate surface area is 149 Å². The van der Waals surface area contributed by atoms with Gasteiger partial charge in [-0.1, -0.05) is 23.7 Å². The van der Waals surface area contributed by atoms with E-state index in [1.54, 1.807) is 19.1 Å². The fourth-order valence-corrected chi connectivity index (χ4v) is 2.71. The third-order valence-electron chi connectivity index (χ3n) is 3.35. The lowest BCUT2D eigenvalue weighted by Gasteiger charge is -2.15. The van der Waals surface area contributed by atoms with Crippen LogP contribution in [0, 0.1) is 5.82 Å². The van der Waals surface area contributed by atoms with Gasteiger partial charge in [-0.05, 0) is 36.8 Å². The van der Waals surface area contributed by atoms with Crippen molar-refractivity contribution in [1.82, 2.24) is 5.32 Å². The highest BCUT2D eigenvalue weighted by Crippen LogP contribution is 2.21. The third-order valence-corrected chi connectivity index (χ3v) is 4.57. The number of halogens is 2. The van der Waals surface area contributed by atoms with Gasteiger partial charge < -0.3 is 10.1 Å². The molecule has 1 unspecified atom stereocenters. The third kappa shape index (κ3) is 5.42. The molecule has 6 nitrogen and oxygen atoms in total. The van der Waals surface area contributed by atoms with Crippen molar-refractivity contribution >= 4 is 27.5 Å². The maximum atomic E-state index is 13.0. The van der Waals surface area contributed by atoms with E-state index in [2.05, 4.69) is 5.32 Å². The predicted molar refractivity (Wildman–Crippen MR) is 91.3 cm³/mol. The second-order valence-electron chi connectivity index (χ2n) is 5.27. The summed E-state index contributed by atoms with van der Waals surface area (Å²) < 4.78 is 40.7. The van der Waals surface area contributed by atoms with Crippen molar-refractivity contribution in [3.05, 3.63) is 58.9 Å². The fourth-order valence-electron chi connectivity index (χ4n) is 2.03. The van der Waals surface area contributed by atoms with E-state index >= 15 is 0 Å². The predicted octanol–water partition coefficient (Wildman–Crippen LogP) is 2.38. The summed E-state index contributed by atoms with van der Waals surface area (Å²) in [6, 6.07) is 9.27. The molecule has 9 heteroatoms. The molecule has 0 saturated carbocycles. The van der Waals surface area contributed by atoms with Gasteiger partial charge in [-0.25, -0.2) is 17.9 Å². The largest absolute Gasteiger partial charge is 0.484 e. The van der Waals surface area contributed by atoms with Gasteiger partial charge in [0.25, 0.3) is 5.91 Å². The molecule has 0 spiro atoms. The topological polar surface area (TPSA) is 98.5 Å². The van der Waals surface area contributed by atoms with Gasteiger partial charge in [0.15, 0.2) is 6.61 Å². The van der Waals surface area contributed by atoms with Crippen molar-refractivity contribution in [2.24, 2.45) is 5.14 Å². The van der Waals surface area contributed by atoms with Crippen molar-refractivity contribution in [3.63, 3.8) is 0 Å². The molecule has 3 N–H and O–H groups in total. The Morgan fingerprint density at radius 2 is 1.92 bits per heavy atom. The average molecular weight is 387 g/mol. The zero-order valence-electron chi connectivity index (χ0n) is 13.2. The molecular weight excluding hydrogens is 371 g/mol. The molecule has 0 aliphatic rings. The van der Waals surface area contributed by atoms with Crippen LogP contribution in [0.25, 0.3) is 0 Å². The molecule has 1 atom stereocenters. The summed E-state index contributed by atoms with van der Waals surface area (Å²) in [6.07, 6.45) is 0. The number of hydrogen-bond acceptors (Lipinski definition) is 4. The van der Waals surface area contributed by atoms with Gasteiger partial charge in [-0.15, -0.1) is 0 Å². The van der Waals surface area contributed by atoms with E-state index in [4.69, 9.17) is 21.5 Å². The first-order chi connectivity index (χ1) is 11.7. The Morgan fingerprint density at radius 1 is 1.28 bits per heavy atom. The van der Waals surface area contributed by atoms with E-state index in [1.807, 2.05) is 0 Å². The Bertz CT molecular complexity index is 872. The molecular formula is C16H16ClFN2O4S. The highest BCUT2D eigenvalue weighted by molar-refractivity contribution is 7.89. The lowest BCUT2D eigenvalue weighted by atomic mass is 10.1. The van der Waals surface area contributed by atoms with Crippen LogP contribution in [0.1, 0.15) is 18.5 Å². The summed E-state index contributed by atoms with van der Waals surface area (Å²) >= 11 is 5.63. The number of carbonyl (C=O) groups is 1. The monoisotopic (exact) mass is 386 g/mol. The maximum Gasteiger partial charge on any atom is 0.258 e. The van der Waals surface area contributed by atoms with Crippen LogP contribution >= 0.6 is 11.6 Å². The molecule has 0 heterocycles. The molecule has 0 aromatic heterocycles. The van der Waals surface area contributed by atoms with Crippen LogP contribution in [0.3, 0.4) is 0 Å². The van der Waals surface area contributed by atoms with Crippen LogP contribution < -0.4 is 15.2 Å². The molecule has 1 amide bonds. The number of sulfonamides is 1. The van der Waals surface area contributed by atoms with E-state index in [9.17, 15) is 17.6 Å². The normalized spacial score (nSPS) is 12.5. The van der Waals surface area contributed by atoms with E-state index in [0.29, 0.717) is 5.56 Å². The standard InChI is InChI=1S/C16H16ClFN2O4S/c1-10(11-2-5-13(6-3-11)25(19,22)23)20-16(21)9-24-12-4-7-15(18)14(17)8-12/h2-8,10H,9H2,1H3,(H,20,21)(H2,19,22,23). The smallest absolute Gasteiger partial charge is 0.258 e. The van der Waals surface area contributed by atoms with Crippen molar-refractivity contribution in [1.29, 1.82) is 0 Å². The number of rotatable bonds is 6. The lowest BCUT2D eigenvalue weighted by molar-refractivity contribution is -0.123. The Hall–Kier alpha value is -2.16. The molecule has 2 aromatic rings. The van der Waals surface area contributed by atoms with Gasteiger partial charge in [0.1, 0.15) is 11.6 Å². The number of amides is 1. The van der Waals surface area contributed by atoms with Crippen LogP contribution in [-0.4, -0.2) is 20.9 Å². The minimum absolute atomic E-state index is 0.00806. The fraction of sp³-hybridized carbons (Fsp3) is 0.188. The summed E-state index contributed by atoms with van der Waals surface area (Å²) in [6.45, 7) is 1.46. The van der Waals surface area contributed by atoms with Gasteiger partial charge in [0.05, 0.1) is 16.0 Å². The van der Waals surface area contributed by atoms with Gasteiger partial charge in [0.2, 0.25) is 10.0 Å². The lowest BCUT2D eigenvalue weighted by Crippen LogP contribution is -2.31. The Morgan fingerprint density at radius 3 is 2.48 bits per heavy atom. The van der Waals surface area contributed by atoms with E-state index in [0.717, 1.165) is 6.07 Å². The average Bonchev–Trinajstić information content (AvgIpc) is 2.55. The highest BCUT2D eigenvalue weighted by Gasteiger charge is 2.13. The van der Waals surface area contributed by atoms with E-state index in [1.165, 1.54) is 24.3 Å². The first-order valence-electron chi connectivity index (χ1n) is 7.17. The first-order valence-corrected chi connectivity index (χ1v) is 9.09. The molecule has 0 bridgehead atoms. The minimum Gasteiger partial charge on any atom is -0.484 e. The number of primary sulfonamides is 1. The number of nitrogens with two attached hydrogens (primary N) is 1. The van der Waals surface area contributed by atoms with Crippen molar-refractivity contribution in [2.75, 3.05) is 6.61 Å². The molecule has 0 aliphatic heterocycles. The van der Waals surface area contributed by atoms with Crippen LogP contribution in [0.4, 0.5) is 4.39 Å². The van der Waals surface area contributed by atoms with Crippen LogP contribution in [0.5, 0.6) is 5.75 Å². The molecule has 0 fully saturated rings. The number of carbonyl (C=O) groups excluding carboxylic acids is 1. The van der Waals surface area contributed by atoms with Crippen molar-refractivity contribution in [3.8, 4) is 5.75 Å². The zero-order chi connectivity index (χ0) is 18.6. The summed E-state index contributed by atoms with van der Waals surface area (Å²) in [5, 5.41) is 7.63. The van der Waals surface area contributed by atoms with Crippen LogP contribution in [-0.2, 0) is 14.8 Å². The molecule has 0 radical (unpaired) electrons. The maximum absolute atomic E-state index is 13.0. The molecule has 0 saturated heterocycles. The first kappa shape index (κ1) is 19.2. The SMILES string of the molecule is CC(NC(=O)COc1ccc(F)c(Cl)c1)c1ccc(S(N)(=O)=O)cc1. The summed E-state index contributed by atoms with van der Waals surface area (Å²) in [5.74, 6) is -0.704. The van der Waals surface area contributed by atoms with Crippen molar-refractivity contribution < 1.29 is 22.3 Å². The van der Waals surface area contributed by atoms with Gasteiger partial charge >= 0.3 is 0 Å². The number of hydrogen-bond donors (Lipinski definition) is 2. The number of benzene rings is 2. The number of nitrogens with one attached hydrogen (secondary N) is 1. The van der Waals surface area contributed by atoms with Crippen LogP contribution in [0.2, 0.25) is 5.02 Å². The molecule has 134 valence electrons. The van der Waals surface area contributed by atoms with E-state index < -0.39 is 21.7 Å². The van der Waals surface area contributed by atoms with Gasteiger partial charge in [0, 0.05) is 6.07 Å². The van der Waals surface area contributed by atoms with Gasteiger partial charge in [-0.3, -0.25) is 4.79 Å². The summed E-state index contributed by atoms with van der Waals surface area (Å²) in [4.78, 5) is 11.9. The molecule has 2 rings (SSSR count). The summed E-state index contributed by atoms with van der Waals surface area (Å²) in [5.41, 5.74) is 0.700. The highest BCUT2D eigenvalue weighted by atomic mass is 35.5. The molecule has 25 heavy (non-hydrogen) atoms. The quantitative estimate of drug-likeness (QED) is 0.796. The second kappa shape index (κ2) is 7.81.